The lowest BCUT2D eigenvalue weighted by molar-refractivity contribution is -0.142. The summed E-state index contributed by atoms with van der Waals surface area (Å²) in [5, 5.41) is 2.57. The second-order valence-electron chi connectivity index (χ2n) is 7.20. The van der Waals surface area contributed by atoms with Crippen LogP contribution in [0, 0.1) is 0 Å². The average molecular weight is 465 g/mol. The van der Waals surface area contributed by atoms with E-state index in [0.29, 0.717) is 13.2 Å². The highest BCUT2D eigenvalue weighted by Gasteiger charge is 2.34. The molecule has 1 fully saturated rings. The number of hydrogen-bond donors (Lipinski definition) is 1. The number of allylic oxidation sites excluding steroid dienone is 4. The topological polar surface area (TPSA) is 67.9 Å². The van der Waals surface area contributed by atoms with E-state index in [1.165, 1.54) is 17.6 Å². The van der Waals surface area contributed by atoms with Crippen molar-refractivity contribution < 1.29 is 19.1 Å². The Morgan fingerprint density at radius 1 is 1.09 bits per heavy atom. The van der Waals surface area contributed by atoms with Gasteiger partial charge in [0.15, 0.2) is 0 Å². The minimum Gasteiger partial charge on any atom is -0.489 e. The molecule has 2 amide bonds. The van der Waals surface area contributed by atoms with Crippen LogP contribution in [0.4, 0.5) is 10.5 Å². The molecule has 1 aliphatic rings. The minimum atomic E-state index is -0.585. The maximum atomic E-state index is 11.6. The number of amides is 2. The summed E-state index contributed by atoms with van der Waals surface area (Å²) >= 11 is 0. The molecule has 6 heteroatoms. The first-order valence-electron chi connectivity index (χ1n) is 11.3. The number of urea groups is 1. The summed E-state index contributed by atoms with van der Waals surface area (Å²) < 4.78 is 10.3. The van der Waals surface area contributed by atoms with Crippen molar-refractivity contribution in [3.63, 3.8) is 0 Å². The van der Waals surface area contributed by atoms with Crippen molar-refractivity contribution in [2.24, 2.45) is 0 Å². The van der Waals surface area contributed by atoms with Gasteiger partial charge in [0.1, 0.15) is 18.4 Å². The van der Waals surface area contributed by atoms with Crippen LogP contribution < -0.4 is 10.2 Å². The Bertz CT molecular complexity index is 949. The van der Waals surface area contributed by atoms with Crippen molar-refractivity contribution in [2.45, 2.75) is 40.3 Å². The third-order valence-electron chi connectivity index (χ3n) is 4.58. The second-order valence-corrected chi connectivity index (χ2v) is 7.20. The molecule has 0 aromatic heterocycles. The Balaban J connectivity index is 0.000000317. The van der Waals surface area contributed by atoms with Gasteiger partial charge < -0.3 is 14.8 Å². The number of para-hydroxylation sites is 1. The predicted molar refractivity (Wildman–Crippen MR) is 138 cm³/mol. The van der Waals surface area contributed by atoms with Crippen molar-refractivity contribution in [2.75, 3.05) is 18.6 Å². The third kappa shape index (κ3) is 9.36. The van der Waals surface area contributed by atoms with E-state index in [4.69, 9.17) is 4.74 Å². The predicted octanol–water partition coefficient (Wildman–Crippen LogP) is 6.02. The van der Waals surface area contributed by atoms with Crippen molar-refractivity contribution in [3.8, 4) is 0 Å². The first kappa shape index (κ1) is 28.2. The van der Waals surface area contributed by atoms with Crippen molar-refractivity contribution >= 4 is 17.7 Å². The monoisotopic (exact) mass is 464 g/mol. The van der Waals surface area contributed by atoms with E-state index in [9.17, 15) is 9.59 Å². The Morgan fingerprint density at radius 3 is 2.21 bits per heavy atom. The van der Waals surface area contributed by atoms with Gasteiger partial charge in [0, 0.05) is 5.69 Å². The fraction of sp³-hybridized carbons (Fsp3) is 0.286. The molecule has 0 aliphatic carbocycles. The summed E-state index contributed by atoms with van der Waals surface area (Å²) in [6.45, 7) is 12.6. The molecular formula is C28H36N2O4. The molecule has 1 atom stereocenters. The molecule has 1 heterocycles. The van der Waals surface area contributed by atoms with Crippen LogP contribution in [-0.4, -0.2) is 31.7 Å². The SMILES string of the molecule is C=C/C=C\C(OCc1ccccc1)=C(C)C.CC.COC(=O)C1CN(c2ccccc2)C(=O)N1. The van der Waals surface area contributed by atoms with Crippen LogP contribution in [-0.2, 0) is 20.9 Å². The average Bonchev–Trinajstić information content (AvgIpc) is 3.27. The molecule has 3 rings (SSSR count). The number of ether oxygens (including phenoxy) is 2. The van der Waals surface area contributed by atoms with Gasteiger partial charge in [0.2, 0.25) is 0 Å². The molecular weight excluding hydrogens is 428 g/mol. The largest absolute Gasteiger partial charge is 0.489 e. The van der Waals surface area contributed by atoms with Crippen LogP contribution in [0.3, 0.4) is 0 Å². The maximum absolute atomic E-state index is 11.6. The smallest absolute Gasteiger partial charge is 0.330 e. The Hall–Kier alpha value is -3.80. The molecule has 34 heavy (non-hydrogen) atoms. The molecule has 0 spiro atoms. The van der Waals surface area contributed by atoms with Crippen LogP contribution in [0.15, 0.2) is 96.8 Å². The molecule has 6 nitrogen and oxygen atoms in total. The summed E-state index contributed by atoms with van der Waals surface area (Å²) in [5.74, 6) is 0.482. The van der Waals surface area contributed by atoms with Gasteiger partial charge in [0.25, 0.3) is 0 Å². The van der Waals surface area contributed by atoms with Crippen molar-refractivity contribution in [1.82, 2.24) is 5.32 Å². The first-order chi connectivity index (χ1) is 16.5. The quantitative estimate of drug-likeness (QED) is 0.309. The Morgan fingerprint density at radius 2 is 1.68 bits per heavy atom. The summed E-state index contributed by atoms with van der Waals surface area (Å²) in [6, 6.07) is 18.5. The third-order valence-corrected chi connectivity index (χ3v) is 4.58. The lowest BCUT2D eigenvalue weighted by Gasteiger charge is -2.13. The molecule has 2 aromatic carbocycles. The normalized spacial score (nSPS) is 14.1. The summed E-state index contributed by atoms with van der Waals surface area (Å²) in [4.78, 5) is 24.4. The fourth-order valence-corrected chi connectivity index (χ4v) is 2.89. The van der Waals surface area contributed by atoms with Gasteiger partial charge in [0.05, 0.1) is 13.7 Å². The molecule has 2 aromatic rings. The standard InChI is InChI=1S/C15H18O.C11H12N2O3.C2H6/c1-4-5-11-15(13(2)3)16-12-14-9-7-6-8-10-14;1-16-10(14)9-7-13(11(15)12-9)8-5-3-2-4-6-8;1-2/h4-11H,1,12H2,2-3H3;2-6,9H,7H2,1H3,(H,12,15);1-2H3/b11-5-;;. The van der Waals surface area contributed by atoms with Gasteiger partial charge in [-0.3, -0.25) is 4.90 Å². The van der Waals surface area contributed by atoms with E-state index in [0.717, 1.165) is 17.0 Å². The Labute approximate surface area is 203 Å². The molecule has 1 aliphatic heterocycles. The minimum absolute atomic E-state index is 0.276. The van der Waals surface area contributed by atoms with E-state index >= 15 is 0 Å². The van der Waals surface area contributed by atoms with E-state index in [-0.39, 0.29) is 6.03 Å². The highest BCUT2D eigenvalue weighted by molar-refractivity contribution is 5.99. The first-order valence-corrected chi connectivity index (χ1v) is 11.3. The Kier molecular flexibility index (Phi) is 13.2. The fourth-order valence-electron chi connectivity index (χ4n) is 2.89. The number of esters is 1. The van der Waals surface area contributed by atoms with Crippen molar-refractivity contribution in [3.05, 3.63) is 102 Å². The van der Waals surface area contributed by atoms with Crippen LogP contribution in [0.2, 0.25) is 0 Å². The highest BCUT2D eigenvalue weighted by Crippen LogP contribution is 2.17. The van der Waals surface area contributed by atoms with E-state index < -0.39 is 12.0 Å². The molecule has 0 bridgehead atoms. The van der Waals surface area contributed by atoms with Crippen LogP contribution >= 0.6 is 0 Å². The molecule has 182 valence electrons. The van der Waals surface area contributed by atoms with Gasteiger partial charge in [-0.1, -0.05) is 81.1 Å². The number of rotatable bonds is 7. The number of nitrogens with zero attached hydrogens (tertiary/aromatic N) is 1. The molecule has 1 N–H and O–H groups in total. The van der Waals surface area contributed by atoms with Crippen molar-refractivity contribution in [1.29, 1.82) is 0 Å². The van der Waals surface area contributed by atoms with E-state index in [1.54, 1.807) is 6.08 Å². The van der Waals surface area contributed by atoms with Gasteiger partial charge >= 0.3 is 12.0 Å². The van der Waals surface area contributed by atoms with Gasteiger partial charge in [-0.15, -0.1) is 0 Å². The van der Waals surface area contributed by atoms with Crippen LogP contribution in [0.1, 0.15) is 33.3 Å². The zero-order valence-electron chi connectivity index (χ0n) is 20.8. The molecule has 1 saturated heterocycles. The number of methoxy groups -OCH3 is 1. The number of benzene rings is 2. The maximum Gasteiger partial charge on any atom is 0.330 e. The number of nitrogens with one attached hydrogen (secondary N) is 1. The molecule has 1 unspecified atom stereocenters. The van der Waals surface area contributed by atoms with Gasteiger partial charge in [-0.05, 0) is 43.2 Å². The lowest BCUT2D eigenvalue weighted by Crippen LogP contribution is -2.35. The number of hydrogen-bond acceptors (Lipinski definition) is 4. The number of carbonyl (C=O) groups is 2. The zero-order chi connectivity index (χ0) is 25.3. The summed E-state index contributed by atoms with van der Waals surface area (Å²) in [5.41, 5.74) is 3.11. The number of carbonyl (C=O) groups excluding carboxylic acids is 2. The lowest BCUT2D eigenvalue weighted by atomic mass is 10.2. The van der Waals surface area contributed by atoms with E-state index in [2.05, 4.69) is 28.8 Å². The zero-order valence-corrected chi connectivity index (χ0v) is 20.8. The number of anilines is 1. The molecule has 0 radical (unpaired) electrons. The summed E-state index contributed by atoms with van der Waals surface area (Å²) in [7, 11) is 1.31. The second kappa shape index (κ2) is 15.9. The van der Waals surface area contributed by atoms with Crippen LogP contribution in [0.5, 0.6) is 0 Å². The summed E-state index contributed by atoms with van der Waals surface area (Å²) in [6.07, 6.45) is 5.56. The van der Waals surface area contributed by atoms with Crippen LogP contribution in [0.25, 0.3) is 0 Å². The van der Waals surface area contributed by atoms with E-state index in [1.807, 2.05) is 88.4 Å². The van der Waals surface area contributed by atoms with Gasteiger partial charge in [-0.2, -0.15) is 0 Å². The van der Waals surface area contributed by atoms with Gasteiger partial charge in [-0.25, -0.2) is 9.59 Å². The molecule has 0 saturated carbocycles. The highest BCUT2D eigenvalue weighted by atomic mass is 16.5.